The van der Waals surface area contributed by atoms with E-state index in [1.807, 2.05) is 37.3 Å². The highest BCUT2D eigenvalue weighted by Crippen LogP contribution is 2.18. The van der Waals surface area contributed by atoms with Gasteiger partial charge in [-0.2, -0.15) is 0 Å². The summed E-state index contributed by atoms with van der Waals surface area (Å²) in [6.45, 7) is 1.92. The molecule has 0 saturated carbocycles. The third kappa shape index (κ3) is 4.83. The topological polar surface area (TPSA) is 58.2 Å². The molecule has 0 radical (unpaired) electrons. The number of alkyl halides is 1. The smallest absolute Gasteiger partial charge is 0.253 e. The van der Waals surface area contributed by atoms with Crippen LogP contribution in [0.1, 0.15) is 35.3 Å². The van der Waals surface area contributed by atoms with Crippen molar-refractivity contribution in [2.45, 2.75) is 19.4 Å². The molecule has 2 N–H and O–H groups in total. The van der Waals surface area contributed by atoms with Crippen molar-refractivity contribution in [1.82, 2.24) is 5.32 Å². The Labute approximate surface area is 140 Å². The molecule has 0 aliphatic heterocycles. The second-order valence-corrected chi connectivity index (χ2v) is 5.52. The lowest BCUT2D eigenvalue weighted by atomic mass is 10.1. The molecule has 0 unspecified atom stereocenters. The summed E-state index contributed by atoms with van der Waals surface area (Å²) in [5, 5.41) is 5.66. The Morgan fingerprint density at radius 3 is 2.39 bits per heavy atom. The molecular formula is C18H19ClN2O2. The minimum Gasteiger partial charge on any atom is -0.345 e. The lowest BCUT2D eigenvalue weighted by Crippen LogP contribution is -2.28. The zero-order valence-electron chi connectivity index (χ0n) is 12.9. The lowest BCUT2D eigenvalue weighted by molar-refractivity contribution is -0.115. The Balaban J connectivity index is 2.11. The minimum atomic E-state index is -0.233. The molecule has 1 atom stereocenters. The Kier molecular flexibility index (Phi) is 6.18. The second kappa shape index (κ2) is 8.34. The van der Waals surface area contributed by atoms with Gasteiger partial charge in [0.25, 0.3) is 5.91 Å². The van der Waals surface area contributed by atoms with Gasteiger partial charge < -0.3 is 10.6 Å². The molecule has 23 heavy (non-hydrogen) atoms. The van der Waals surface area contributed by atoms with Crippen LogP contribution >= 0.6 is 11.6 Å². The molecule has 0 aliphatic rings. The average Bonchev–Trinajstić information content (AvgIpc) is 2.56. The fourth-order valence-electron chi connectivity index (χ4n) is 2.19. The van der Waals surface area contributed by atoms with Crippen molar-refractivity contribution < 1.29 is 9.59 Å². The predicted octanol–water partition coefficient (Wildman–Crippen LogP) is 3.75. The first kappa shape index (κ1) is 17.0. The highest BCUT2D eigenvalue weighted by atomic mass is 35.5. The monoisotopic (exact) mass is 330 g/mol. The van der Waals surface area contributed by atoms with E-state index in [0.29, 0.717) is 11.3 Å². The maximum atomic E-state index is 12.5. The maximum Gasteiger partial charge on any atom is 0.253 e. The molecule has 2 amide bonds. The van der Waals surface area contributed by atoms with Crippen LogP contribution in [0.2, 0.25) is 0 Å². The van der Waals surface area contributed by atoms with Crippen molar-refractivity contribution in [2.75, 3.05) is 11.2 Å². The number of para-hydroxylation sites is 1. The van der Waals surface area contributed by atoms with Gasteiger partial charge in [0, 0.05) is 12.3 Å². The normalized spacial score (nSPS) is 11.6. The second-order valence-electron chi connectivity index (χ2n) is 5.14. The zero-order valence-corrected chi connectivity index (χ0v) is 13.6. The molecule has 2 aromatic rings. The highest BCUT2D eigenvalue weighted by Gasteiger charge is 2.15. The lowest BCUT2D eigenvalue weighted by Gasteiger charge is -2.16. The van der Waals surface area contributed by atoms with Crippen LogP contribution in [0.5, 0.6) is 0 Å². The van der Waals surface area contributed by atoms with E-state index in [2.05, 4.69) is 10.6 Å². The molecule has 0 heterocycles. The van der Waals surface area contributed by atoms with Gasteiger partial charge >= 0.3 is 0 Å². The van der Waals surface area contributed by atoms with Crippen molar-refractivity contribution in [3.8, 4) is 0 Å². The summed E-state index contributed by atoms with van der Waals surface area (Å²) in [6.07, 6.45) is 0.206. The van der Waals surface area contributed by atoms with Gasteiger partial charge in [0.05, 0.1) is 17.3 Å². The quantitative estimate of drug-likeness (QED) is 0.793. The molecule has 2 aromatic carbocycles. The number of nitrogens with one attached hydrogen (secondary N) is 2. The molecule has 0 bridgehead atoms. The fraction of sp³-hybridized carbons (Fsp3) is 0.222. The number of hydrogen-bond donors (Lipinski definition) is 2. The maximum absolute atomic E-state index is 12.5. The molecule has 0 aliphatic carbocycles. The van der Waals surface area contributed by atoms with Crippen LogP contribution in [0.4, 0.5) is 5.69 Å². The van der Waals surface area contributed by atoms with E-state index >= 15 is 0 Å². The Hall–Kier alpha value is -2.33. The van der Waals surface area contributed by atoms with Gasteiger partial charge in [0.15, 0.2) is 0 Å². The first-order valence-electron chi connectivity index (χ1n) is 7.42. The van der Waals surface area contributed by atoms with Crippen LogP contribution in [0.15, 0.2) is 54.6 Å². The molecule has 120 valence electrons. The van der Waals surface area contributed by atoms with E-state index in [1.54, 1.807) is 24.3 Å². The fourth-order valence-corrected chi connectivity index (χ4v) is 2.36. The van der Waals surface area contributed by atoms with E-state index in [9.17, 15) is 9.59 Å². The number of rotatable bonds is 6. The predicted molar refractivity (Wildman–Crippen MR) is 92.7 cm³/mol. The Bertz CT molecular complexity index is 674. The van der Waals surface area contributed by atoms with Crippen molar-refractivity contribution in [3.05, 3.63) is 65.7 Å². The van der Waals surface area contributed by atoms with E-state index < -0.39 is 0 Å². The standard InChI is InChI=1S/C18H19ClN2O2/c1-13(14-7-3-2-4-8-14)20-18(23)15-9-5-6-10-16(15)21-17(22)11-12-19/h2-10,13H,11-12H2,1H3,(H,20,23)(H,21,22)/t13-/m1/s1. The number of hydrogen-bond acceptors (Lipinski definition) is 2. The SMILES string of the molecule is C[C@@H](NC(=O)c1ccccc1NC(=O)CCCl)c1ccccc1. The first-order chi connectivity index (χ1) is 11.1. The largest absolute Gasteiger partial charge is 0.345 e. The number of carbonyl (C=O) groups is 2. The molecule has 0 saturated heterocycles. The van der Waals surface area contributed by atoms with Gasteiger partial charge in [0.1, 0.15) is 0 Å². The van der Waals surface area contributed by atoms with Crippen LogP contribution in [0, 0.1) is 0 Å². The number of benzene rings is 2. The van der Waals surface area contributed by atoms with Crippen LogP contribution in [-0.2, 0) is 4.79 Å². The van der Waals surface area contributed by atoms with Crippen molar-refractivity contribution >= 4 is 29.1 Å². The molecule has 0 aromatic heterocycles. The summed E-state index contributed by atoms with van der Waals surface area (Å²) < 4.78 is 0. The molecule has 2 rings (SSSR count). The molecule has 0 spiro atoms. The molecule has 5 heteroatoms. The van der Waals surface area contributed by atoms with Crippen molar-refractivity contribution in [3.63, 3.8) is 0 Å². The first-order valence-corrected chi connectivity index (χ1v) is 7.96. The zero-order chi connectivity index (χ0) is 16.7. The third-order valence-corrected chi connectivity index (χ3v) is 3.60. The molecule has 0 fully saturated rings. The highest BCUT2D eigenvalue weighted by molar-refractivity contribution is 6.19. The van der Waals surface area contributed by atoms with Crippen molar-refractivity contribution in [2.24, 2.45) is 0 Å². The van der Waals surface area contributed by atoms with Gasteiger partial charge in [0.2, 0.25) is 5.91 Å². The van der Waals surface area contributed by atoms with E-state index in [1.165, 1.54) is 0 Å². The van der Waals surface area contributed by atoms with E-state index in [-0.39, 0.29) is 30.2 Å². The van der Waals surface area contributed by atoms with Gasteiger partial charge in [-0.3, -0.25) is 9.59 Å². The number of anilines is 1. The Morgan fingerprint density at radius 1 is 1.04 bits per heavy atom. The molecular weight excluding hydrogens is 312 g/mol. The van der Waals surface area contributed by atoms with E-state index in [4.69, 9.17) is 11.6 Å². The minimum absolute atomic E-state index is 0.129. The van der Waals surface area contributed by atoms with Crippen molar-refractivity contribution in [1.29, 1.82) is 0 Å². The summed E-state index contributed by atoms with van der Waals surface area (Å²) in [5.74, 6) is -0.204. The number of carbonyl (C=O) groups excluding carboxylic acids is 2. The summed E-state index contributed by atoms with van der Waals surface area (Å²) in [6, 6.07) is 16.5. The average molecular weight is 331 g/mol. The van der Waals surface area contributed by atoms with Crippen LogP contribution in [0.3, 0.4) is 0 Å². The summed E-state index contributed by atoms with van der Waals surface area (Å²) in [4.78, 5) is 24.2. The molecule has 4 nitrogen and oxygen atoms in total. The van der Waals surface area contributed by atoms with Crippen LogP contribution in [0.25, 0.3) is 0 Å². The summed E-state index contributed by atoms with van der Waals surface area (Å²) in [5.41, 5.74) is 1.93. The number of amides is 2. The van der Waals surface area contributed by atoms with Gasteiger partial charge in [-0.15, -0.1) is 11.6 Å². The van der Waals surface area contributed by atoms with E-state index in [0.717, 1.165) is 5.56 Å². The summed E-state index contributed by atoms with van der Waals surface area (Å²) >= 11 is 5.56. The van der Waals surface area contributed by atoms with Gasteiger partial charge in [-0.05, 0) is 24.6 Å². The summed E-state index contributed by atoms with van der Waals surface area (Å²) in [7, 11) is 0. The number of halogens is 1. The Morgan fingerprint density at radius 2 is 1.70 bits per heavy atom. The van der Waals surface area contributed by atoms with Gasteiger partial charge in [-0.1, -0.05) is 42.5 Å². The third-order valence-electron chi connectivity index (χ3n) is 3.41. The van der Waals surface area contributed by atoms with Crippen LogP contribution < -0.4 is 10.6 Å². The van der Waals surface area contributed by atoms with Crippen LogP contribution in [-0.4, -0.2) is 17.7 Å². The van der Waals surface area contributed by atoms with Gasteiger partial charge in [-0.25, -0.2) is 0 Å².